The van der Waals surface area contributed by atoms with Crippen LogP contribution in [-0.4, -0.2) is 56.3 Å². The number of nitrogens with one attached hydrogen (secondary N) is 1. The van der Waals surface area contributed by atoms with E-state index >= 15 is 0 Å². The molecular formula is C29H28FN7O. The number of tetrazole rings is 1. The van der Waals surface area contributed by atoms with E-state index in [0.717, 1.165) is 40.8 Å². The van der Waals surface area contributed by atoms with Gasteiger partial charge in [-0.05, 0) is 70.8 Å². The summed E-state index contributed by atoms with van der Waals surface area (Å²) in [5.41, 5.74) is 4.44. The molecule has 2 aromatic heterocycles. The molecule has 3 heterocycles. The smallest absolute Gasteiger partial charge is 0.253 e. The van der Waals surface area contributed by atoms with E-state index in [1.807, 2.05) is 55.5 Å². The second-order valence-corrected chi connectivity index (χ2v) is 9.73. The van der Waals surface area contributed by atoms with E-state index in [1.54, 1.807) is 16.8 Å². The van der Waals surface area contributed by atoms with Gasteiger partial charge in [0.1, 0.15) is 11.9 Å². The van der Waals surface area contributed by atoms with Crippen LogP contribution < -0.4 is 10.5 Å². The number of rotatable bonds is 6. The van der Waals surface area contributed by atoms with Gasteiger partial charge in [-0.25, -0.2) is 9.07 Å². The molecule has 1 atom stereocenters. The van der Waals surface area contributed by atoms with E-state index in [1.165, 1.54) is 12.1 Å². The highest BCUT2D eigenvalue weighted by atomic mass is 19.1. The standard InChI is InChI=1S/C29H28FN7O/c1-20-7-12-26-22(17-20)18-25(29(38)31-26)27(28-32-33-34-37(28)19-21-5-3-2-4-6-21)36-15-13-35(14-16-36)24-10-8-23(30)9-11-24/h2-12,17-18,27H,13-16,19H2,1H3,(H,31,38). The Morgan fingerprint density at radius 1 is 0.947 bits per heavy atom. The average Bonchev–Trinajstić information content (AvgIpc) is 3.38. The highest BCUT2D eigenvalue weighted by Crippen LogP contribution is 2.29. The first-order valence-electron chi connectivity index (χ1n) is 12.7. The normalized spacial score (nSPS) is 15.2. The van der Waals surface area contributed by atoms with Crippen LogP contribution in [0.3, 0.4) is 0 Å². The molecule has 1 aliphatic rings. The average molecular weight is 510 g/mol. The number of anilines is 1. The first-order chi connectivity index (χ1) is 18.5. The molecule has 1 saturated heterocycles. The Bertz CT molecular complexity index is 1610. The van der Waals surface area contributed by atoms with Crippen molar-refractivity contribution in [2.75, 3.05) is 31.1 Å². The lowest BCUT2D eigenvalue weighted by molar-refractivity contribution is 0.200. The third-order valence-corrected chi connectivity index (χ3v) is 7.17. The predicted molar refractivity (Wildman–Crippen MR) is 145 cm³/mol. The second kappa shape index (κ2) is 10.2. The zero-order valence-electron chi connectivity index (χ0n) is 21.1. The third-order valence-electron chi connectivity index (χ3n) is 7.17. The number of piperazine rings is 1. The summed E-state index contributed by atoms with van der Waals surface area (Å²) in [4.78, 5) is 21.0. The van der Waals surface area contributed by atoms with Gasteiger partial charge in [-0.3, -0.25) is 9.69 Å². The lowest BCUT2D eigenvalue weighted by Gasteiger charge is -2.39. The van der Waals surface area contributed by atoms with E-state index < -0.39 is 6.04 Å². The Morgan fingerprint density at radius 3 is 2.47 bits per heavy atom. The number of hydrogen-bond acceptors (Lipinski definition) is 6. The summed E-state index contributed by atoms with van der Waals surface area (Å²) in [5, 5.41) is 13.7. The number of aryl methyl sites for hydroxylation is 1. The number of hydrogen-bond donors (Lipinski definition) is 1. The highest BCUT2D eigenvalue weighted by Gasteiger charge is 2.32. The number of aromatic nitrogens is 5. The van der Waals surface area contributed by atoms with Gasteiger partial charge in [-0.1, -0.05) is 42.0 Å². The van der Waals surface area contributed by atoms with Gasteiger partial charge in [0.25, 0.3) is 5.56 Å². The predicted octanol–water partition coefficient (Wildman–Crippen LogP) is 3.92. The minimum atomic E-state index is -0.433. The molecule has 192 valence electrons. The fourth-order valence-electron chi connectivity index (χ4n) is 5.21. The Balaban J connectivity index is 1.38. The van der Waals surface area contributed by atoms with Crippen molar-refractivity contribution in [2.24, 2.45) is 0 Å². The minimum Gasteiger partial charge on any atom is -0.369 e. The van der Waals surface area contributed by atoms with Crippen molar-refractivity contribution in [3.63, 3.8) is 0 Å². The van der Waals surface area contributed by atoms with Gasteiger partial charge in [0.05, 0.1) is 6.54 Å². The van der Waals surface area contributed by atoms with Gasteiger partial charge in [0.15, 0.2) is 5.82 Å². The molecule has 0 saturated carbocycles. The van der Waals surface area contributed by atoms with Crippen LogP contribution >= 0.6 is 0 Å². The van der Waals surface area contributed by atoms with Crippen LogP contribution in [-0.2, 0) is 6.54 Å². The maximum Gasteiger partial charge on any atom is 0.253 e. The zero-order valence-corrected chi connectivity index (χ0v) is 21.1. The molecule has 1 N–H and O–H groups in total. The molecule has 1 fully saturated rings. The zero-order chi connectivity index (χ0) is 26.1. The van der Waals surface area contributed by atoms with E-state index in [9.17, 15) is 9.18 Å². The lowest BCUT2D eigenvalue weighted by atomic mass is 10.0. The lowest BCUT2D eigenvalue weighted by Crippen LogP contribution is -2.49. The highest BCUT2D eigenvalue weighted by molar-refractivity contribution is 5.79. The summed E-state index contributed by atoms with van der Waals surface area (Å²) in [7, 11) is 0. The largest absolute Gasteiger partial charge is 0.369 e. The molecule has 1 aliphatic heterocycles. The van der Waals surface area contributed by atoms with Crippen LogP contribution in [0.4, 0.5) is 10.1 Å². The van der Waals surface area contributed by atoms with Gasteiger partial charge in [0, 0.05) is 42.9 Å². The molecule has 3 aromatic carbocycles. The second-order valence-electron chi connectivity index (χ2n) is 9.73. The monoisotopic (exact) mass is 509 g/mol. The van der Waals surface area contributed by atoms with Crippen LogP contribution in [0.15, 0.2) is 83.7 Å². The van der Waals surface area contributed by atoms with Gasteiger partial charge in [-0.15, -0.1) is 5.10 Å². The number of H-pyrrole nitrogens is 1. The van der Waals surface area contributed by atoms with Gasteiger partial charge in [0.2, 0.25) is 0 Å². The maximum absolute atomic E-state index is 13.5. The third kappa shape index (κ3) is 4.80. The van der Waals surface area contributed by atoms with Crippen LogP contribution in [0.2, 0.25) is 0 Å². The Kier molecular flexibility index (Phi) is 6.43. The summed E-state index contributed by atoms with van der Waals surface area (Å²) in [6.45, 7) is 5.37. The van der Waals surface area contributed by atoms with Gasteiger partial charge >= 0.3 is 0 Å². The molecule has 0 aliphatic carbocycles. The Morgan fingerprint density at radius 2 is 1.71 bits per heavy atom. The van der Waals surface area contributed by atoms with Crippen molar-refractivity contribution in [2.45, 2.75) is 19.5 Å². The summed E-state index contributed by atoms with van der Waals surface area (Å²) < 4.78 is 15.2. The maximum atomic E-state index is 13.5. The molecule has 6 rings (SSSR count). The first-order valence-corrected chi connectivity index (χ1v) is 12.7. The summed E-state index contributed by atoms with van der Waals surface area (Å²) in [5.74, 6) is 0.380. The molecule has 9 heteroatoms. The van der Waals surface area contributed by atoms with Crippen molar-refractivity contribution < 1.29 is 4.39 Å². The Hall–Kier alpha value is -4.37. The number of fused-ring (bicyclic) bond motifs is 1. The molecule has 0 spiro atoms. The molecule has 38 heavy (non-hydrogen) atoms. The van der Waals surface area contributed by atoms with E-state index in [-0.39, 0.29) is 11.4 Å². The van der Waals surface area contributed by atoms with E-state index in [2.05, 4.69) is 36.4 Å². The van der Waals surface area contributed by atoms with Crippen LogP contribution in [0.25, 0.3) is 10.9 Å². The van der Waals surface area contributed by atoms with E-state index in [4.69, 9.17) is 0 Å². The Labute approximate surface area is 219 Å². The summed E-state index contributed by atoms with van der Waals surface area (Å²) in [6, 6.07) is 24.1. The number of nitrogens with zero attached hydrogens (tertiary/aromatic N) is 6. The summed E-state index contributed by atoms with van der Waals surface area (Å²) >= 11 is 0. The number of halogens is 1. The molecule has 1 unspecified atom stereocenters. The molecule has 0 amide bonds. The molecule has 8 nitrogen and oxygen atoms in total. The van der Waals surface area contributed by atoms with Crippen LogP contribution in [0.1, 0.15) is 28.6 Å². The molecular weight excluding hydrogens is 481 g/mol. The van der Waals surface area contributed by atoms with Crippen LogP contribution in [0, 0.1) is 12.7 Å². The van der Waals surface area contributed by atoms with Crippen molar-refractivity contribution >= 4 is 16.6 Å². The fourth-order valence-corrected chi connectivity index (χ4v) is 5.21. The SMILES string of the molecule is Cc1ccc2[nH]c(=O)c(C(c3nnnn3Cc3ccccc3)N3CCN(c4ccc(F)cc4)CC3)cc2c1. The van der Waals surface area contributed by atoms with Crippen molar-refractivity contribution in [1.82, 2.24) is 30.1 Å². The molecule has 5 aromatic rings. The number of benzene rings is 3. The molecule has 0 bridgehead atoms. The van der Waals surface area contributed by atoms with Gasteiger partial charge < -0.3 is 9.88 Å². The number of pyridine rings is 1. The first kappa shape index (κ1) is 24.0. The van der Waals surface area contributed by atoms with Crippen molar-refractivity contribution in [3.8, 4) is 0 Å². The quantitative estimate of drug-likeness (QED) is 0.374. The van der Waals surface area contributed by atoms with E-state index in [0.29, 0.717) is 31.0 Å². The fraction of sp³-hybridized carbons (Fsp3) is 0.241. The summed E-state index contributed by atoms with van der Waals surface area (Å²) in [6.07, 6.45) is 0. The number of aromatic amines is 1. The van der Waals surface area contributed by atoms with Crippen molar-refractivity contribution in [1.29, 1.82) is 0 Å². The minimum absolute atomic E-state index is 0.151. The van der Waals surface area contributed by atoms with Crippen molar-refractivity contribution in [3.05, 3.63) is 118 Å². The topological polar surface area (TPSA) is 82.9 Å². The van der Waals surface area contributed by atoms with Gasteiger partial charge in [-0.2, -0.15) is 0 Å². The van der Waals surface area contributed by atoms with Crippen LogP contribution in [0.5, 0.6) is 0 Å². The molecule has 0 radical (unpaired) electrons.